The molecule has 5 rings (SSSR count). The van der Waals surface area contributed by atoms with Crippen LogP contribution in [0.2, 0.25) is 0 Å². The molecule has 0 unspecified atom stereocenters. The van der Waals surface area contributed by atoms with Gasteiger partial charge >= 0.3 is 0 Å². The Bertz CT molecular complexity index is 1180. The highest BCUT2D eigenvalue weighted by atomic mass is 19.1. The number of nitro benzene ring substituents is 1. The summed E-state index contributed by atoms with van der Waals surface area (Å²) in [7, 11) is 0. The standard InChI is InChI=1S/C25H26FN5O3/c26-19-8-10-20(11-9-19)34-24-21-17-29(16-18-6-2-3-7-23(18)31(32)33)15-12-22(21)27-25(28-24)30-13-4-1-5-14-30/h2-3,6-11H,1,4-5,12-17H2. The van der Waals surface area contributed by atoms with E-state index in [9.17, 15) is 14.5 Å². The fourth-order valence-electron chi connectivity index (χ4n) is 4.56. The van der Waals surface area contributed by atoms with E-state index in [0.717, 1.165) is 43.7 Å². The van der Waals surface area contributed by atoms with Gasteiger partial charge < -0.3 is 9.64 Å². The van der Waals surface area contributed by atoms with E-state index < -0.39 is 0 Å². The van der Waals surface area contributed by atoms with Crippen molar-refractivity contribution in [3.8, 4) is 11.6 Å². The maximum absolute atomic E-state index is 13.4. The highest BCUT2D eigenvalue weighted by Crippen LogP contribution is 2.33. The minimum Gasteiger partial charge on any atom is -0.438 e. The minimum atomic E-state index is -0.343. The number of benzene rings is 2. The fraction of sp³-hybridized carbons (Fsp3) is 0.360. The van der Waals surface area contributed by atoms with Crippen LogP contribution in [0.5, 0.6) is 11.6 Å². The quantitative estimate of drug-likeness (QED) is 0.381. The second kappa shape index (κ2) is 9.72. The SMILES string of the molecule is O=[N+]([O-])c1ccccc1CN1CCc2nc(N3CCCCC3)nc(Oc3ccc(F)cc3)c2C1. The third kappa shape index (κ3) is 4.84. The van der Waals surface area contributed by atoms with Crippen molar-refractivity contribution in [3.63, 3.8) is 0 Å². The summed E-state index contributed by atoms with van der Waals surface area (Å²) >= 11 is 0. The molecule has 2 aliphatic rings. The molecule has 3 heterocycles. The van der Waals surface area contributed by atoms with E-state index in [2.05, 4.69) is 9.80 Å². The number of para-hydroxylation sites is 1. The van der Waals surface area contributed by atoms with Crippen LogP contribution in [0, 0.1) is 15.9 Å². The van der Waals surface area contributed by atoms with Crippen LogP contribution in [0.3, 0.4) is 0 Å². The van der Waals surface area contributed by atoms with Crippen LogP contribution in [0.4, 0.5) is 16.0 Å². The molecular weight excluding hydrogens is 437 g/mol. The van der Waals surface area contributed by atoms with Gasteiger partial charge in [0.15, 0.2) is 0 Å². The molecule has 0 bridgehead atoms. The first-order chi connectivity index (χ1) is 16.6. The van der Waals surface area contributed by atoms with Crippen LogP contribution in [-0.2, 0) is 19.5 Å². The Morgan fingerprint density at radius 1 is 1.00 bits per heavy atom. The van der Waals surface area contributed by atoms with Gasteiger partial charge in [0.05, 0.1) is 16.2 Å². The Labute approximate surface area is 197 Å². The molecule has 8 nitrogen and oxygen atoms in total. The predicted molar refractivity (Wildman–Crippen MR) is 125 cm³/mol. The van der Waals surface area contributed by atoms with Crippen molar-refractivity contribution < 1.29 is 14.1 Å². The molecule has 0 aliphatic carbocycles. The number of fused-ring (bicyclic) bond motifs is 1. The van der Waals surface area contributed by atoms with E-state index >= 15 is 0 Å². The highest BCUT2D eigenvalue weighted by molar-refractivity contribution is 5.44. The lowest BCUT2D eigenvalue weighted by Gasteiger charge is -2.31. The van der Waals surface area contributed by atoms with Gasteiger partial charge in [-0.05, 0) is 43.5 Å². The molecule has 0 atom stereocenters. The molecule has 2 aliphatic heterocycles. The Morgan fingerprint density at radius 3 is 2.53 bits per heavy atom. The van der Waals surface area contributed by atoms with Gasteiger partial charge in [-0.1, -0.05) is 18.2 Å². The Balaban J connectivity index is 1.45. The fourth-order valence-corrected chi connectivity index (χ4v) is 4.56. The Hall–Kier alpha value is -3.59. The van der Waals surface area contributed by atoms with E-state index in [4.69, 9.17) is 14.7 Å². The van der Waals surface area contributed by atoms with Gasteiger partial charge in [0.2, 0.25) is 11.8 Å². The molecule has 0 spiro atoms. The van der Waals surface area contributed by atoms with Gasteiger partial charge in [-0.15, -0.1) is 0 Å². The largest absolute Gasteiger partial charge is 0.438 e. The first-order valence-electron chi connectivity index (χ1n) is 11.6. The minimum absolute atomic E-state index is 0.118. The third-order valence-corrected chi connectivity index (χ3v) is 6.34. The molecular formula is C25H26FN5O3. The summed E-state index contributed by atoms with van der Waals surface area (Å²) in [5.41, 5.74) is 2.59. The van der Waals surface area contributed by atoms with Crippen molar-refractivity contribution in [2.75, 3.05) is 24.5 Å². The van der Waals surface area contributed by atoms with Gasteiger partial charge in [-0.2, -0.15) is 4.98 Å². The van der Waals surface area contributed by atoms with E-state index in [0.29, 0.717) is 42.7 Å². The molecule has 34 heavy (non-hydrogen) atoms. The summed E-state index contributed by atoms with van der Waals surface area (Å²) in [5, 5.41) is 11.4. The summed E-state index contributed by atoms with van der Waals surface area (Å²) in [5.74, 6) is 1.30. The van der Waals surface area contributed by atoms with Crippen LogP contribution in [-0.4, -0.2) is 39.4 Å². The first-order valence-corrected chi connectivity index (χ1v) is 11.6. The van der Waals surface area contributed by atoms with Crippen molar-refractivity contribution in [1.29, 1.82) is 0 Å². The maximum Gasteiger partial charge on any atom is 0.273 e. The van der Waals surface area contributed by atoms with Crippen molar-refractivity contribution >= 4 is 11.6 Å². The summed E-state index contributed by atoms with van der Waals surface area (Å²) < 4.78 is 19.6. The summed E-state index contributed by atoms with van der Waals surface area (Å²) in [6.45, 7) is 3.52. The number of halogens is 1. The zero-order chi connectivity index (χ0) is 23.5. The Kier molecular flexibility index (Phi) is 6.35. The molecule has 1 fully saturated rings. The van der Waals surface area contributed by atoms with Gasteiger partial charge in [-0.25, -0.2) is 9.37 Å². The molecule has 1 saturated heterocycles. The smallest absolute Gasteiger partial charge is 0.273 e. The van der Waals surface area contributed by atoms with Crippen molar-refractivity contribution in [1.82, 2.24) is 14.9 Å². The average molecular weight is 464 g/mol. The van der Waals surface area contributed by atoms with Crippen molar-refractivity contribution in [2.45, 2.75) is 38.8 Å². The number of ether oxygens (including phenoxy) is 1. The van der Waals surface area contributed by atoms with Crippen LogP contribution in [0.15, 0.2) is 48.5 Å². The molecule has 2 aromatic carbocycles. The lowest BCUT2D eigenvalue weighted by Crippen LogP contribution is -2.34. The average Bonchev–Trinajstić information content (AvgIpc) is 2.86. The van der Waals surface area contributed by atoms with E-state index in [1.54, 1.807) is 24.3 Å². The molecule has 176 valence electrons. The van der Waals surface area contributed by atoms with Gasteiger partial charge in [0, 0.05) is 50.8 Å². The van der Waals surface area contributed by atoms with E-state index in [-0.39, 0.29) is 16.4 Å². The second-order valence-corrected chi connectivity index (χ2v) is 8.70. The number of piperidine rings is 1. The molecule has 1 aromatic heterocycles. The number of nitrogens with zero attached hydrogens (tertiary/aromatic N) is 5. The number of hydrogen-bond acceptors (Lipinski definition) is 7. The molecule has 0 N–H and O–H groups in total. The number of rotatable bonds is 6. The number of aromatic nitrogens is 2. The molecule has 0 amide bonds. The maximum atomic E-state index is 13.4. The van der Waals surface area contributed by atoms with Crippen molar-refractivity contribution in [3.05, 3.63) is 81.3 Å². The van der Waals surface area contributed by atoms with Gasteiger partial charge in [-0.3, -0.25) is 15.0 Å². The lowest BCUT2D eigenvalue weighted by molar-refractivity contribution is -0.385. The van der Waals surface area contributed by atoms with E-state index in [1.165, 1.54) is 24.6 Å². The van der Waals surface area contributed by atoms with Crippen LogP contribution < -0.4 is 9.64 Å². The topological polar surface area (TPSA) is 84.6 Å². The lowest BCUT2D eigenvalue weighted by atomic mass is 10.0. The number of nitro groups is 1. The van der Waals surface area contributed by atoms with Crippen LogP contribution in [0.1, 0.15) is 36.1 Å². The second-order valence-electron chi connectivity index (χ2n) is 8.70. The normalized spacial score (nSPS) is 16.2. The molecule has 3 aromatic rings. The zero-order valence-electron chi connectivity index (χ0n) is 18.8. The number of anilines is 1. The van der Waals surface area contributed by atoms with E-state index in [1.807, 2.05) is 6.07 Å². The van der Waals surface area contributed by atoms with Crippen LogP contribution >= 0.6 is 0 Å². The predicted octanol–water partition coefficient (Wildman–Crippen LogP) is 4.86. The first kappa shape index (κ1) is 22.2. The van der Waals surface area contributed by atoms with Gasteiger partial charge in [0.25, 0.3) is 5.69 Å². The summed E-state index contributed by atoms with van der Waals surface area (Å²) in [4.78, 5) is 25.1. The molecule has 0 radical (unpaired) electrons. The van der Waals surface area contributed by atoms with Crippen molar-refractivity contribution in [2.24, 2.45) is 0 Å². The monoisotopic (exact) mass is 463 g/mol. The Morgan fingerprint density at radius 2 is 1.76 bits per heavy atom. The zero-order valence-corrected chi connectivity index (χ0v) is 18.8. The van der Waals surface area contributed by atoms with Crippen LogP contribution in [0.25, 0.3) is 0 Å². The third-order valence-electron chi connectivity index (χ3n) is 6.34. The van der Waals surface area contributed by atoms with Gasteiger partial charge in [0.1, 0.15) is 11.6 Å². The summed E-state index contributed by atoms with van der Waals surface area (Å²) in [6, 6.07) is 12.7. The summed E-state index contributed by atoms with van der Waals surface area (Å²) in [6.07, 6.45) is 4.12. The molecule has 0 saturated carbocycles. The molecule has 9 heteroatoms. The highest BCUT2D eigenvalue weighted by Gasteiger charge is 2.27. The number of hydrogen-bond donors (Lipinski definition) is 0.